The molecule has 0 unspecified atom stereocenters. The molecule has 2 heterocycles. The molecule has 8 heteroatoms. The Labute approximate surface area is 122 Å². The van der Waals surface area contributed by atoms with Crippen molar-refractivity contribution in [1.29, 1.82) is 0 Å². The van der Waals surface area contributed by atoms with E-state index in [1.807, 2.05) is 11.6 Å². The standard InChI is InChI=1S/C13H12F3N3OS/c1-19-6-17-3-11(19)7-2-10(7)18-12(20)8-4-21-5-9(8)13(14,15)16/h3-7,10H,2H2,1H3,(H,18,20)/t7-,10-/m1/s1. The fraction of sp³-hybridized carbons (Fsp3) is 0.385. The molecule has 2 aromatic heterocycles. The predicted octanol–water partition coefficient (Wildman–Crippen LogP) is 2.79. The number of amides is 1. The van der Waals surface area contributed by atoms with Crippen LogP contribution in [0.3, 0.4) is 0 Å². The number of hydrogen-bond acceptors (Lipinski definition) is 3. The van der Waals surface area contributed by atoms with E-state index in [1.165, 1.54) is 5.38 Å². The molecule has 0 radical (unpaired) electrons. The molecule has 2 aromatic rings. The summed E-state index contributed by atoms with van der Waals surface area (Å²) in [6.45, 7) is 0. The predicted molar refractivity (Wildman–Crippen MR) is 71.1 cm³/mol. The van der Waals surface area contributed by atoms with Gasteiger partial charge in [0.15, 0.2) is 0 Å². The van der Waals surface area contributed by atoms with Crippen LogP contribution in [0.1, 0.15) is 34.0 Å². The van der Waals surface area contributed by atoms with Gasteiger partial charge < -0.3 is 9.88 Å². The highest BCUT2D eigenvalue weighted by atomic mass is 32.1. The Kier molecular flexibility index (Phi) is 3.27. The molecule has 1 N–H and O–H groups in total. The molecule has 1 saturated carbocycles. The number of rotatable bonds is 3. The van der Waals surface area contributed by atoms with Crippen LogP contribution in [0.5, 0.6) is 0 Å². The van der Waals surface area contributed by atoms with Crippen LogP contribution in [-0.4, -0.2) is 21.5 Å². The molecule has 21 heavy (non-hydrogen) atoms. The van der Waals surface area contributed by atoms with E-state index in [4.69, 9.17) is 0 Å². The van der Waals surface area contributed by atoms with Gasteiger partial charge in [-0.05, 0) is 6.42 Å². The molecule has 0 aromatic carbocycles. The molecule has 0 aliphatic heterocycles. The van der Waals surface area contributed by atoms with Gasteiger partial charge in [0.2, 0.25) is 0 Å². The summed E-state index contributed by atoms with van der Waals surface area (Å²) in [6, 6.07) is -0.131. The van der Waals surface area contributed by atoms with E-state index in [-0.39, 0.29) is 17.5 Å². The van der Waals surface area contributed by atoms with E-state index in [0.717, 1.165) is 28.8 Å². The van der Waals surface area contributed by atoms with Gasteiger partial charge in [0.25, 0.3) is 5.91 Å². The maximum absolute atomic E-state index is 12.8. The third-order valence-electron chi connectivity index (χ3n) is 3.55. The number of aryl methyl sites for hydroxylation is 1. The van der Waals surface area contributed by atoms with Gasteiger partial charge in [-0.3, -0.25) is 4.79 Å². The third-order valence-corrected chi connectivity index (χ3v) is 4.30. The number of carbonyl (C=O) groups excluding carboxylic acids is 1. The Morgan fingerprint density at radius 1 is 1.48 bits per heavy atom. The minimum Gasteiger partial charge on any atom is -0.349 e. The van der Waals surface area contributed by atoms with Crippen LogP contribution in [0, 0.1) is 0 Å². The lowest BCUT2D eigenvalue weighted by atomic mass is 10.2. The highest BCUT2D eigenvalue weighted by Crippen LogP contribution is 2.41. The number of alkyl halides is 3. The van der Waals surface area contributed by atoms with E-state index < -0.39 is 17.6 Å². The summed E-state index contributed by atoms with van der Waals surface area (Å²) < 4.78 is 40.1. The van der Waals surface area contributed by atoms with E-state index in [0.29, 0.717) is 0 Å². The minimum atomic E-state index is -4.50. The largest absolute Gasteiger partial charge is 0.417 e. The molecule has 4 nitrogen and oxygen atoms in total. The minimum absolute atomic E-state index is 0.120. The van der Waals surface area contributed by atoms with Crippen molar-refractivity contribution in [3.8, 4) is 0 Å². The Bertz CT molecular complexity index is 676. The summed E-state index contributed by atoms with van der Waals surface area (Å²) >= 11 is 0.875. The van der Waals surface area contributed by atoms with Gasteiger partial charge in [-0.1, -0.05) is 0 Å². The van der Waals surface area contributed by atoms with Crippen molar-refractivity contribution in [2.24, 2.45) is 7.05 Å². The SMILES string of the molecule is Cn1cncc1[C@@H]1C[C@H]1NC(=O)c1cscc1C(F)(F)F. The highest BCUT2D eigenvalue weighted by molar-refractivity contribution is 7.08. The number of halogens is 3. The van der Waals surface area contributed by atoms with Crippen LogP contribution >= 0.6 is 11.3 Å². The summed E-state index contributed by atoms with van der Waals surface area (Å²) in [6.07, 6.45) is -0.413. The molecule has 2 atom stereocenters. The van der Waals surface area contributed by atoms with E-state index in [9.17, 15) is 18.0 Å². The molecule has 1 aliphatic carbocycles. The van der Waals surface area contributed by atoms with Crippen molar-refractivity contribution < 1.29 is 18.0 Å². The first kappa shape index (κ1) is 14.1. The number of nitrogens with one attached hydrogen (secondary N) is 1. The van der Waals surface area contributed by atoms with Crippen LogP contribution in [0.25, 0.3) is 0 Å². The Morgan fingerprint density at radius 2 is 2.24 bits per heavy atom. The van der Waals surface area contributed by atoms with E-state index >= 15 is 0 Å². The van der Waals surface area contributed by atoms with Crippen molar-refractivity contribution in [1.82, 2.24) is 14.9 Å². The molecule has 3 rings (SSSR count). The second-order valence-electron chi connectivity index (χ2n) is 5.05. The van der Waals surface area contributed by atoms with Crippen molar-refractivity contribution >= 4 is 17.2 Å². The molecule has 0 spiro atoms. The van der Waals surface area contributed by atoms with Gasteiger partial charge in [0, 0.05) is 41.7 Å². The average Bonchev–Trinajstić information content (AvgIpc) is 2.83. The summed E-state index contributed by atoms with van der Waals surface area (Å²) in [5.74, 6) is -0.548. The summed E-state index contributed by atoms with van der Waals surface area (Å²) in [5.41, 5.74) is -0.201. The van der Waals surface area contributed by atoms with Gasteiger partial charge in [-0.15, -0.1) is 0 Å². The van der Waals surface area contributed by atoms with Crippen LogP contribution in [0.2, 0.25) is 0 Å². The number of aromatic nitrogens is 2. The molecule has 0 saturated heterocycles. The van der Waals surface area contributed by atoms with Crippen LogP contribution < -0.4 is 5.32 Å². The van der Waals surface area contributed by atoms with Crippen molar-refractivity contribution in [2.45, 2.75) is 24.6 Å². The van der Waals surface area contributed by atoms with Crippen molar-refractivity contribution in [3.05, 3.63) is 40.1 Å². The Balaban J connectivity index is 1.69. The number of nitrogens with zero attached hydrogens (tertiary/aromatic N) is 2. The monoisotopic (exact) mass is 315 g/mol. The zero-order valence-corrected chi connectivity index (χ0v) is 11.8. The van der Waals surface area contributed by atoms with E-state index in [1.54, 1.807) is 12.5 Å². The number of hydrogen-bond donors (Lipinski definition) is 1. The first-order valence-corrected chi connectivity index (χ1v) is 7.22. The molecule has 1 amide bonds. The Morgan fingerprint density at radius 3 is 2.86 bits per heavy atom. The topological polar surface area (TPSA) is 46.9 Å². The van der Waals surface area contributed by atoms with Gasteiger partial charge in [0.1, 0.15) is 0 Å². The summed E-state index contributed by atoms with van der Waals surface area (Å²) in [4.78, 5) is 16.0. The number of carbonyl (C=O) groups is 1. The van der Waals surface area contributed by atoms with Gasteiger partial charge in [0.05, 0.1) is 17.5 Å². The van der Waals surface area contributed by atoms with Crippen LogP contribution in [0.4, 0.5) is 13.2 Å². The summed E-state index contributed by atoms with van der Waals surface area (Å²) in [5, 5.41) is 4.86. The molecular weight excluding hydrogens is 303 g/mol. The fourth-order valence-electron chi connectivity index (χ4n) is 2.34. The number of imidazole rings is 1. The van der Waals surface area contributed by atoms with E-state index in [2.05, 4.69) is 10.3 Å². The smallest absolute Gasteiger partial charge is 0.349 e. The molecular formula is C13H12F3N3OS. The zero-order chi connectivity index (χ0) is 15.2. The lowest BCUT2D eigenvalue weighted by Crippen LogP contribution is -2.28. The first-order chi connectivity index (χ1) is 9.88. The fourth-order valence-corrected chi connectivity index (χ4v) is 3.18. The lowest BCUT2D eigenvalue weighted by molar-refractivity contribution is -0.137. The van der Waals surface area contributed by atoms with Crippen LogP contribution in [0.15, 0.2) is 23.3 Å². The number of thiophene rings is 1. The van der Waals surface area contributed by atoms with Gasteiger partial charge in [-0.25, -0.2) is 4.98 Å². The zero-order valence-electron chi connectivity index (χ0n) is 11.0. The molecule has 1 aliphatic rings. The second kappa shape index (κ2) is 4.87. The van der Waals surface area contributed by atoms with Gasteiger partial charge >= 0.3 is 6.18 Å². The molecule has 112 valence electrons. The van der Waals surface area contributed by atoms with Crippen molar-refractivity contribution in [3.63, 3.8) is 0 Å². The highest BCUT2D eigenvalue weighted by Gasteiger charge is 2.43. The molecule has 0 bridgehead atoms. The normalized spacial score (nSPS) is 21.3. The van der Waals surface area contributed by atoms with Crippen LogP contribution in [-0.2, 0) is 13.2 Å². The second-order valence-corrected chi connectivity index (χ2v) is 5.79. The summed E-state index contributed by atoms with van der Waals surface area (Å²) in [7, 11) is 1.85. The molecule has 1 fully saturated rings. The maximum Gasteiger partial charge on any atom is 0.417 e. The Hall–Kier alpha value is -1.83. The lowest BCUT2D eigenvalue weighted by Gasteiger charge is -2.09. The quantitative estimate of drug-likeness (QED) is 0.947. The average molecular weight is 315 g/mol. The maximum atomic E-state index is 12.8. The van der Waals surface area contributed by atoms with Gasteiger partial charge in [-0.2, -0.15) is 24.5 Å². The first-order valence-electron chi connectivity index (χ1n) is 6.28. The van der Waals surface area contributed by atoms with Crippen molar-refractivity contribution in [2.75, 3.05) is 0 Å². The third kappa shape index (κ3) is 2.67.